The molecule has 0 aliphatic carbocycles. The highest BCUT2D eigenvalue weighted by atomic mass is 35.5. The van der Waals surface area contributed by atoms with Crippen molar-refractivity contribution in [3.8, 4) is 17.1 Å². The van der Waals surface area contributed by atoms with E-state index in [0.29, 0.717) is 22.1 Å². The average molecular weight is 375 g/mol. The van der Waals surface area contributed by atoms with Crippen LogP contribution in [-0.2, 0) is 0 Å². The molecule has 0 N–H and O–H groups in total. The summed E-state index contributed by atoms with van der Waals surface area (Å²) in [6.45, 7) is 0. The molecule has 0 aliphatic heterocycles. The molecule has 0 saturated heterocycles. The summed E-state index contributed by atoms with van der Waals surface area (Å²) in [7, 11) is 0. The SMILES string of the molecule is Fc1ccc(-c2nc3nc4ccccc4nc3n2-c2cccc(Cl)c2)cc1. The molecule has 5 rings (SSSR count). The number of rotatable bonds is 2. The normalized spacial score (nSPS) is 11.3. The van der Waals surface area contributed by atoms with Crippen LogP contribution in [0.1, 0.15) is 0 Å². The molecule has 0 atom stereocenters. The van der Waals surface area contributed by atoms with Crippen molar-refractivity contribution in [3.05, 3.63) is 83.6 Å². The number of aromatic nitrogens is 4. The number of hydrogen-bond acceptors (Lipinski definition) is 3. The molecule has 0 unspecified atom stereocenters. The minimum Gasteiger partial charge on any atom is -0.275 e. The molecule has 6 heteroatoms. The number of nitrogens with zero attached hydrogens (tertiary/aromatic N) is 4. The second-order valence-electron chi connectivity index (χ2n) is 6.12. The molecular weight excluding hydrogens is 363 g/mol. The molecule has 0 aliphatic rings. The first kappa shape index (κ1) is 15.9. The van der Waals surface area contributed by atoms with E-state index in [2.05, 4.69) is 4.98 Å². The minimum absolute atomic E-state index is 0.300. The predicted octanol–water partition coefficient (Wildman–Crippen LogP) is 5.43. The Bertz CT molecular complexity index is 1300. The topological polar surface area (TPSA) is 43.6 Å². The maximum Gasteiger partial charge on any atom is 0.199 e. The molecule has 0 radical (unpaired) electrons. The zero-order chi connectivity index (χ0) is 18.4. The highest BCUT2D eigenvalue weighted by molar-refractivity contribution is 6.30. The fourth-order valence-corrected chi connectivity index (χ4v) is 3.29. The highest BCUT2D eigenvalue weighted by Gasteiger charge is 2.17. The monoisotopic (exact) mass is 374 g/mol. The van der Waals surface area contributed by atoms with Crippen LogP contribution in [0.3, 0.4) is 0 Å². The lowest BCUT2D eigenvalue weighted by atomic mass is 10.2. The van der Waals surface area contributed by atoms with Crippen LogP contribution in [0.25, 0.3) is 39.4 Å². The molecule has 2 aromatic heterocycles. The molecule has 5 aromatic rings. The van der Waals surface area contributed by atoms with Gasteiger partial charge in [-0.05, 0) is 54.6 Å². The molecular formula is C21H12ClFN4. The van der Waals surface area contributed by atoms with E-state index in [1.54, 1.807) is 12.1 Å². The predicted molar refractivity (Wildman–Crippen MR) is 105 cm³/mol. The van der Waals surface area contributed by atoms with Crippen molar-refractivity contribution in [3.63, 3.8) is 0 Å². The molecule has 130 valence electrons. The zero-order valence-corrected chi connectivity index (χ0v) is 14.7. The number of imidazole rings is 1. The lowest BCUT2D eigenvalue weighted by molar-refractivity contribution is 0.628. The Morgan fingerprint density at radius 1 is 0.778 bits per heavy atom. The average Bonchev–Trinajstić information content (AvgIpc) is 3.05. The van der Waals surface area contributed by atoms with Gasteiger partial charge in [0.15, 0.2) is 11.3 Å². The quantitative estimate of drug-likeness (QED) is 0.414. The zero-order valence-electron chi connectivity index (χ0n) is 14.0. The molecule has 2 heterocycles. The number of fused-ring (bicyclic) bond motifs is 2. The first-order chi connectivity index (χ1) is 13.2. The van der Waals surface area contributed by atoms with Crippen molar-refractivity contribution < 1.29 is 4.39 Å². The Balaban J connectivity index is 1.88. The molecule has 3 aromatic carbocycles. The number of hydrogen-bond donors (Lipinski definition) is 0. The lowest BCUT2D eigenvalue weighted by Crippen LogP contribution is -1.99. The molecule has 4 nitrogen and oxygen atoms in total. The van der Waals surface area contributed by atoms with Crippen LogP contribution in [0.2, 0.25) is 5.02 Å². The van der Waals surface area contributed by atoms with Gasteiger partial charge in [0.2, 0.25) is 0 Å². The van der Waals surface area contributed by atoms with Crippen molar-refractivity contribution in [2.45, 2.75) is 0 Å². The van der Waals surface area contributed by atoms with Gasteiger partial charge in [0.1, 0.15) is 11.6 Å². The van der Waals surface area contributed by atoms with E-state index in [9.17, 15) is 4.39 Å². The number of para-hydroxylation sites is 2. The van der Waals surface area contributed by atoms with Gasteiger partial charge in [-0.25, -0.2) is 19.3 Å². The smallest absolute Gasteiger partial charge is 0.199 e. The van der Waals surface area contributed by atoms with Crippen LogP contribution in [-0.4, -0.2) is 19.5 Å². The lowest BCUT2D eigenvalue weighted by Gasteiger charge is -2.09. The number of halogens is 2. The van der Waals surface area contributed by atoms with Crippen molar-refractivity contribution >= 4 is 33.9 Å². The Hall–Kier alpha value is -3.31. The van der Waals surface area contributed by atoms with Crippen molar-refractivity contribution in [2.24, 2.45) is 0 Å². The van der Waals surface area contributed by atoms with Gasteiger partial charge in [-0.2, -0.15) is 0 Å². The van der Waals surface area contributed by atoms with Crippen LogP contribution in [0.15, 0.2) is 72.8 Å². The van der Waals surface area contributed by atoms with E-state index in [-0.39, 0.29) is 5.82 Å². The van der Waals surface area contributed by atoms with Crippen LogP contribution in [0.4, 0.5) is 4.39 Å². The van der Waals surface area contributed by atoms with E-state index in [1.807, 2.05) is 53.1 Å². The summed E-state index contributed by atoms with van der Waals surface area (Å²) >= 11 is 6.21. The van der Waals surface area contributed by atoms with Gasteiger partial charge >= 0.3 is 0 Å². The molecule has 27 heavy (non-hydrogen) atoms. The van der Waals surface area contributed by atoms with E-state index in [0.717, 1.165) is 22.3 Å². The largest absolute Gasteiger partial charge is 0.275 e. The Kier molecular flexibility index (Phi) is 3.62. The van der Waals surface area contributed by atoms with E-state index >= 15 is 0 Å². The first-order valence-electron chi connectivity index (χ1n) is 8.36. The van der Waals surface area contributed by atoms with Gasteiger partial charge in [-0.3, -0.25) is 4.57 Å². The van der Waals surface area contributed by atoms with Crippen LogP contribution in [0.5, 0.6) is 0 Å². The summed E-state index contributed by atoms with van der Waals surface area (Å²) < 4.78 is 15.3. The standard InChI is InChI=1S/C21H12ClFN4/c22-14-4-3-5-16(12-14)27-20(13-8-10-15(23)11-9-13)26-19-21(27)25-18-7-2-1-6-17(18)24-19/h1-12H. The van der Waals surface area contributed by atoms with Gasteiger partial charge in [0.25, 0.3) is 0 Å². The van der Waals surface area contributed by atoms with Crippen molar-refractivity contribution in [2.75, 3.05) is 0 Å². The summed E-state index contributed by atoms with van der Waals surface area (Å²) in [6, 6.07) is 21.3. The summed E-state index contributed by atoms with van der Waals surface area (Å²) in [5, 5.41) is 0.605. The fourth-order valence-electron chi connectivity index (χ4n) is 3.11. The Morgan fingerprint density at radius 3 is 2.26 bits per heavy atom. The third kappa shape index (κ3) is 2.73. The summed E-state index contributed by atoms with van der Waals surface area (Å²) in [5.74, 6) is 0.328. The summed E-state index contributed by atoms with van der Waals surface area (Å²) in [5.41, 5.74) is 4.27. The third-order valence-electron chi connectivity index (χ3n) is 4.34. The minimum atomic E-state index is -0.300. The molecule has 0 fully saturated rings. The molecule has 0 saturated carbocycles. The van der Waals surface area contributed by atoms with Crippen LogP contribution < -0.4 is 0 Å². The van der Waals surface area contributed by atoms with Crippen molar-refractivity contribution in [1.29, 1.82) is 0 Å². The van der Waals surface area contributed by atoms with Gasteiger partial charge < -0.3 is 0 Å². The van der Waals surface area contributed by atoms with Crippen molar-refractivity contribution in [1.82, 2.24) is 19.5 Å². The fraction of sp³-hybridized carbons (Fsp3) is 0. The molecule has 0 bridgehead atoms. The van der Waals surface area contributed by atoms with Crippen LogP contribution >= 0.6 is 11.6 Å². The summed E-state index contributed by atoms with van der Waals surface area (Å²) in [4.78, 5) is 14.1. The van der Waals surface area contributed by atoms with Gasteiger partial charge in [0, 0.05) is 10.6 Å². The van der Waals surface area contributed by atoms with E-state index in [1.165, 1.54) is 12.1 Å². The summed E-state index contributed by atoms with van der Waals surface area (Å²) in [6.07, 6.45) is 0. The molecule has 0 amide bonds. The first-order valence-corrected chi connectivity index (χ1v) is 8.74. The van der Waals surface area contributed by atoms with Crippen LogP contribution in [0, 0.1) is 5.82 Å². The second kappa shape index (κ2) is 6.14. The Morgan fingerprint density at radius 2 is 1.52 bits per heavy atom. The highest BCUT2D eigenvalue weighted by Crippen LogP contribution is 2.29. The van der Waals surface area contributed by atoms with Gasteiger partial charge in [-0.15, -0.1) is 0 Å². The van der Waals surface area contributed by atoms with Gasteiger partial charge in [0.05, 0.1) is 16.7 Å². The van der Waals surface area contributed by atoms with Gasteiger partial charge in [-0.1, -0.05) is 29.8 Å². The van der Waals surface area contributed by atoms with E-state index in [4.69, 9.17) is 21.6 Å². The molecule has 0 spiro atoms. The number of benzene rings is 3. The van der Waals surface area contributed by atoms with E-state index < -0.39 is 0 Å². The maximum absolute atomic E-state index is 13.4. The Labute approximate surface area is 158 Å². The maximum atomic E-state index is 13.4. The second-order valence-corrected chi connectivity index (χ2v) is 6.55. The third-order valence-corrected chi connectivity index (χ3v) is 4.57.